The molecule has 1 aliphatic heterocycles. The Labute approximate surface area is 147 Å². The fourth-order valence-electron chi connectivity index (χ4n) is 3.25. The van der Waals surface area contributed by atoms with Crippen LogP contribution in [0.25, 0.3) is 11.6 Å². The monoisotopic (exact) mass is 337 g/mol. The summed E-state index contributed by atoms with van der Waals surface area (Å²) in [5.74, 6) is 1.29. The number of nitrogens with zero attached hydrogens (tertiary/aromatic N) is 1. The molecule has 1 fully saturated rings. The van der Waals surface area contributed by atoms with Crippen LogP contribution in [0.15, 0.2) is 36.7 Å². The number of benzene rings is 1. The first-order valence-electron chi connectivity index (χ1n) is 8.83. The molecule has 0 bridgehead atoms. The molecule has 0 radical (unpaired) electrons. The van der Waals surface area contributed by atoms with Gasteiger partial charge >= 0.3 is 0 Å². The number of aromatic amines is 1. The van der Waals surface area contributed by atoms with Crippen molar-refractivity contribution in [2.24, 2.45) is 5.92 Å². The van der Waals surface area contributed by atoms with E-state index < -0.39 is 0 Å². The summed E-state index contributed by atoms with van der Waals surface area (Å²) >= 11 is 0. The number of hydrogen-bond donors (Lipinski definition) is 2. The molecule has 2 aromatic rings. The summed E-state index contributed by atoms with van der Waals surface area (Å²) in [6, 6.07) is 8.10. The quantitative estimate of drug-likeness (QED) is 0.824. The van der Waals surface area contributed by atoms with E-state index in [0.717, 1.165) is 41.8 Å². The maximum atomic E-state index is 12.6. The Kier molecular flexibility index (Phi) is 4.32. The molecular formula is C20H23N3O2. The lowest BCUT2D eigenvalue weighted by molar-refractivity contribution is -0.119. The second kappa shape index (κ2) is 6.76. The summed E-state index contributed by atoms with van der Waals surface area (Å²) < 4.78 is 5.82. The minimum Gasteiger partial charge on any atom is -0.493 e. The Morgan fingerprint density at radius 2 is 2.28 bits per heavy atom. The largest absolute Gasteiger partial charge is 0.493 e. The lowest BCUT2D eigenvalue weighted by Crippen LogP contribution is -2.38. The third-order valence-corrected chi connectivity index (χ3v) is 4.72. The van der Waals surface area contributed by atoms with Crippen molar-refractivity contribution in [2.45, 2.75) is 19.3 Å². The number of H-pyrrole nitrogens is 1. The molecule has 2 N–H and O–H groups in total. The Hall–Kier alpha value is -2.53. The van der Waals surface area contributed by atoms with Crippen molar-refractivity contribution >= 4 is 23.2 Å². The standard InChI is InChI=1S/C20H23N3O2/c1-21-13-23(20(24)15-2-3-15)17-4-5-19-18(11-17)16(7-9-25-19)10-14-6-8-22-12-14/h4-6,8,10-12,15,21-22H,2-3,7,9,13H2,1H3/b16-10+. The highest BCUT2D eigenvalue weighted by Gasteiger charge is 2.34. The van der Waals surface area contributed by atoms with Crippen molar-refractivity contribution < 1.29 is 9.53 Å². The Bertz CT molecular complexity index is 791. The molecule has 2 heterocycles. The smallest absolute Gasteiger partial charge is 0.231 e. The number of aromatic nitrogens is 1. The molecule has 5 heteroatoms. The first-order chi connectivity index (χ1) is 12.3. The number of nitrogens with one attached hydrogen (secondary N) is 2. The van der Waals surface area contributed by atoms with Gasteiger partial charge in [0.2, 0.25) is 5.91 Å². The van der Waals surface area contributed by atoms with Crippen molar-refractivity contribution in [1.82, 2.24) is 10.3 Å². The summed E-state index contributed by atoms with van der Waals surface area (Å²) in [5, 5.41) is 3.11. The Morgan fingerprint density at radius 3 is 3.00 bits per heavy atom. The maximum absolute atomic E-state index is 12.6. The van der Waals surface area contributed by atoms with E-state index >= 15 is 0 Å². The van der Waals surface area contributed by atoms with Gasteiger partial charge in [-0.1, -0.05) is 0 Å². The van der Waals surface area contributed by atoms with Gasteiger partial charge in [-0.2, -0.15) is 0 Å². The van der Waals surface area contributed by atoms with Gasteiger partial charge in [0, 0.05) is 36.0 Å². The number of anilines is 1. The van der Waals surface area contributed by atoms with Crippen LogP contribution >= 0.6 is 0 Å². The van der Waals surface area contributed by atoms with Crippen LogP contribution in [0.3, 0.4) is 0 Å². The molecule has 0 unspecified atom stereocenters. The Balaban J connectivity index is 1.70. The van der Waals surface area contributed by atoms with E-state index in [4.69, 9.17) is 4.74 Å². The van der Waals surface area contributed by atoms with E-state index in [1.54, 1.807) is 0 Å². The van der Waals surface area contributed by atoms with Crippen LogP contribution in [0.5, 0.6) is 5.75 Å². The van der Waals surface area contributed by atoms with Crippen LogP contribution in [-0.4, -0.2) is 31.2 Å². The normalized spacial score (nSPS) is 17.9. The molecule has 1 aliphatic carbocycles. The van der Waals surface area contributed by atoms with Gasteiger partial charge in [0.25, 0.3) is 0 Å². The average Bonchev–Trinajstić information content (AvgIpc) is 3.37. The topological polar surface area (TPSA) is 57.4 Å². The molecular weight excluding hydrogens is 314 g/mol. The summed E-state index contributed by atoms with van der Waals surface area (Å²) in [6.07, 6.45) is 8.97. The Morgan fingerprint density at radius 1 is 1.40 bits per heavy atom. The predicted octanol–water partition coefficient (Wildman–Crippen LogP) is 3.26. The van der Waals surface area contributed by atoms with Crippen molar-refractivity contribution in [3.05, 3.63) is 47.8 Å². The molecule has 5 nitrogen and oxygen atoms in total. The molecule has 1 amide bonds. The van der Waals surface area contributed by atoms with Crippen LogP contribution in [0.4, 0.5) is 5.69 Å². The van der Waals surface area contributed by atoms with E-state index in [2.05, 4.69) is 28.5 Å². The third-order valence-electron chi connectivity index (χ3n) is 4.72. The highest BCUT2D eigenvalue weighted by Crippen LogP contribution is 2.38. The van der Waals surface area contributed by atoms with Crippen molar-refractivity contribution in [3.63, 3.8) is 0 Å². The molecule has 25 heavy (non-hydrogen) atoms. The minimum absolute atomic E-state index is 0.190. The number of hydrogen-bond acceptors (Lipinski definition) is 3. The second-order valence-electron chi connectivity index (χ2n) is 6.65. The molecule has 0 spiro atoms. The zero-order chi connectivity index (χ0) is 17.2. The average molecular weight is 337 g/mol. The predicted molar refractivity (Wildman–Crippen MR) is 99.4 cm³/mol. The van der Waals surface area contributed by atoms with E-state index in [0.29, 0.717) is 13.3 Å². The number of carbonyl (C=O) groups is 1. The molecule has 4 rings (SSSR count). The van der Waals surface area contributed by atoms with Gasteiger partial charge in [-0.25, -0.2) is 0 Å². The van der Waals surface area contributed by atoms with Gasteiger partial charge in [0.05, 0.1) is 13.3 Å². The first kappa shape index (κ1) is 16.0. The van der Waals surface area contributed by atoms with Crippen LogP contribution < -0.4 is 15.0 Å². The van der Waals surface area contributed by atoms with Gasteiger partial charge in [0.1, 0.15) is 5.75 Å². The van der Waals surface area contributed by atoms with Gasteiger partial charge in [-0.05, 0) is 61.4 Å². The lowest BCUT2D eigenvalue weighted by Gasteiger charge is -2.26. The van der Waals surface area contributed by atoms with Gasteiger partial charge in [0.15, 0.2) is 0 Å². The van der Waals surface area contributed by atoms with Crippen LogP contribution in [0.1, 0.15) is 30.4 Å². The third kappa shape index (κ3) is 3.33. The molecule has 1 aromatic carbocycles. The summed E-state index contributed by atoms with van der Waals surface area (Å²) in [6.45, 7) is 1.20. The number of amides is 1. The van der Waals surface area contributed by atoms with E-state index in [1.807, 2.05) is 36.5 Å². The minimum atomic E-state index is 0.190. The second-order valence-corrected chi connectivity index (χ2v) is 6.65. The van der Waals surface area contributed by atoms with E-state index in [1.165, 1.54) is 5.57 Å². The zero-order valence-electron chi connectivity index (χ0n) is 14.4. The fraction of sp³-hybridized carbons (Fsp3) is 0.350. The number of fused-ring (bicyclic) bond motifs is 1. The fourth-order valence-corrected chi connectivity index (χ4v) is 3.25. The van der Waals surface area contributed by atoms with Crippen molar-refractivity contribution in [3.8, 4) is 5.75 Å². The van der Waals surface area contributed by atoms with Crippen LogP contribution in [0.2, 0.25) is 0 Å². The van der Waals surface area contributed by atoms with Gasteiger partial charge < -0.3 is 15.0 Å². The van der Waals surface area contributed by atoms with Crippen LogP contribution in [-0.2, 0) is 4.79 Å². The highest BCUT2D eigenvalue weighted by atomic mass is 16.5. The van der Waals surface area contributed by atoms with E-state index in [9.17, 15) is 4.79 Å². The van der Waals surface area contributed by atoms with Gasteiger partial charge in [-0.15, -0.1) is 0 Å². The summed E-state index contributed by atoms with van der Waals surface area (Å²) in [5.41, 5.74) is 4.39. The van der Waals surface area contributed by atoms with Crippen molar-refractivity contribution in [2.75, 3.05) is 25.2 Å². The molecule has 1 aromatic heterocycles. The number of rotatable bonds is 5. The van der Waals surface area contributed by atoms with Gasteiger partial charge in [-0.3, -0.25) is 9.69 Å². The highest BCUT2D eigenvalue weighted by molar-refractivity contribution is 5.97. The summed E-state index contributed by atoms with van der Waals surface area (Å²) in [4.78, 5) is 17.6. The molecule has 0 saturated heterocycles. The lowest BCUT2D eigenvalue weighted by atomic mass is 9.97. The maximum Gasteiger partial charge on any atom is 0.231 e. The molecule has 130 valence electrons. The first-order valence-corrected chi connectivity index (χ1v) is 8.83. The van der Waals surface area contributed by atoms with Crippen molar-refractivity contribution in [1.29, 1.82) is 0 Å². The summed E-state index contributed by atoms with van der Waals surface area (Å²) in [7, 11) is 1.87. The number of carbonyl (C=O) groups excluding carboxylic acids is 1. The molecule has 0 atom stereocenters. The van der Waals surface area contributed by atoms with E-state index in [-0.39, 0.29) is 11.8 Å². The van der Waals surface area contributed by atoms with Crippen LogP contribution in [0, 0.1) is 5.92 Å². The molecule has 1 saturated carbocycles. The molecule has 2 aliphatic rings. The number of ether oxygens (including phenoxy) is 1. The zero-order valence-corrected chi connectivity index (χ0v) is 14.4. The SMILES string of the molecule is CNCN(C(=O)C1CC1)c1ccc2c(c1)/C(=C/c1cc[nH]c1)CCO2.